The molecule has 0 fully saturated rings. The van der Waals surface area contributed by atoms with Crippen molar-refractivity contribution in [1.82, 2.24) is 4.98 Å². The van der Waals surface area contributed by atoms with Crippen LogP contribution in [0.1, 0.15) is 5.56 Å². The van der Waals surface area contributed by atoms with Crippen molar-refractivity contribution in [3.8, 4) is 0 Å². The number of rotatable bonds is 4. The normalized spacial score (nSPS) is 10.9. The Balaban J connectivity index is 1.67. The third kappa shape index (κ3) is 2.77. The van der Waals surface area contributed by atoms with Gasteiger partial charge < -0.3 is 5.32 Å². The summed E-state index contributed by atoms with van der Waals surface area (Å²) in [4.78, 5) is 4.35. The number of halogens is 2. The molecule has 2 aromatic carbocycles. The standard InChI is InChI=1S/C15H12F2N2S/c16-11-5-6-13-14(9-11)20-15(19-13)18-8-7-10-3-1-2-4-12(10)17/h1-6,9H,7-8H2,(H,18,19). The number of anilines is 1. The second kappa shape index (κ2) is 5.54. The molecule has 102 valence electrons. The first kappa shape index (κ1) is 13.0. The minimum absolute atomic E-state index is 0.194. The summed E-state index contributed by atoms with van der Waals surface area (Å²) < 4.78 is 27.3. The topological polar surface area (TPSA) is 24.9 Å². The van der Waals surface area contributed by atoms with E-state index in [1.54, 1.807) is 18.2 Å². The average molecular weight is 290 g/mol. The summed E-state index contributed by atoms with van der Waals surface area (Å²) in [5.74, 6) is -0.459. The molecule has 0 unspecified atom stereocenters. The molecule has 3 rings (SSSR count). The number of thiazole rings is 1. The molecule has 0 saturated heterocycles. The van der Waals surface area contributed by atoms with Crippen molar-refractivity contribution >= 4 is 26.7 Å². The maximum atomic E-state index is 13.4. The highest BCUT2D eigenvalue weighted by Gasteiger charge is 2.05. The molecule has 0 radical (unpaired) electrons. The van der Waals surface area contributed by atoms with Crippen LogP contribution >= 0.6 is 11.3 Å². The largest absolute Gasteiger partial charge is 0.361 e. The van der Waals surface area contributed by atoms with Gasteiger partial charge in [0, 0.05) is 6.54 Å². The van der Waals surface area contributed by atoms with Gasteiger partial charge in [0.2, 0.25) is 0 Å². The van der Waals surface area contributed by atoms with Gasteiger partial charge in [0.15, 0.2) is 5.13 Å². The van der Waals surface area contributed by atoms with Crippen LogP contribution in [0.25, 0.3) is 10.2 Å². The van der Waals surface area contributed by atoms with Crippen LogP contribution < -0.4 is 5.32 Å². The van der Waals surface area contributed by atoms with Gasteiger partial charge in [-0.2, -0.15) is 0 Å². The Morgan fingerprint density at radius 2 is 1.95 bits per heavy atom. The SMILES string of the molecule is Fc1ccc2nc(NCCc3ccccc3F)sc2c1. The van der Waals surface area contributed by atoms with Crippen molar-refractivity contribution in [3.63, 3.8) is 0 Å². The molecule has 1 N–H and O–H groups in total. The van der Waals surface area contributed by atoms with Crippen molar-refractivity contribution in [2.45, 2.75) is 6.42 Å². The molecule has 0 amide bonds. The first-order valence-corrected chi connectivity index (χ1v) is 7.07. The quantitative estimate of drug-likeness (QED) is 0.778. The molecule has 20 heavy (non-hydrogen) atoms. The molecular weight excluding hydrogens is 278 g/mol. The van der Waals surface area contributed by atoms with E-state index in [1.165, 1.54) is 29.5 Å². The van der Waals surface area contributed by atoms with Crippen LogP contribution in [0.5, 0.6) is 0 Å². The van der Waals surface area contributed by atoms with E-state index in [2.05, 4.69) is 10.3 Å². The Labute approximate surface area is 119 Å². The van der Waals surface area contributed by atoms with Gasteiger partial charge in [-0.3, -0.25) is 0 Å². The zero-order valence-electron chi connectivity index (χ0n) is 10.6. The van der Waals surface area contributed by atoms with Gasteiger partial charge in [-0.1, -0.05) is 29.5 Å². The lowest BCUT2D eigenvalue weighted by Crippen LogP contribution is -2.05. The van der Waals surface area contributed by atoms with Crippen molar-refractivity contribution in [2.75, 3.05) is 11.9 Å². The summed E-state index contributed by atoms with van der Waals surface area (Å²) in [5, 5.41) is 3.87. The van der Waals surface area contributed by atoms with Crippen LogP contribution in [0.4, 0.5) is 13.9 Å². The fourth-order valence-electron chi connectivity index (χ4n) is 1.98. The Hall–Kier alpha value is -2.01. The fraction of sp³-hybridized carbons (Fsp3) is 0.133. The van der Waals surface area contributed by atoms with Gasteiger partial charge in [0.1, 0.15) is 11.6 Å². The van der Waals surface area contributed by atoms with E-state index in [1.807, 2.05) is 6.07 Å². The first-order valence-electron chi connectivity index (χ1n) is 6.26. The van der Waals surface area contributed by atoms with Gasteiger partial charge >= 0.3 is 0 Å². The highest BCUT2D eigenvalue weighted by Crippen LogP contribution is 2.26. The predicted octanol–water partition coefficient (Wildman–Crippen LogP) is 4.23. The molecule has 5 heteroatoms. The molecule has 0 aliphatic rings. The van der Waals surface area contributed by atoms with E-state index in [4.69, 9.17) is 0 Å². The first-order chi connectivity index (χ1) is 9.72. The van der Waals surface area contributed by atoms with Gasteiger partial charge in [0.25, 0.3) is 0 Å². The third-order valence-corrected chi connectivity index (χ3v) is 3.95. The van der Waals surface area contributed by atoms with Crippen molar-refractivity contribution in [3.05, 3.63) is 59.7 Å². The molecule has 0 saturated carbocycles. The van der Waals surface area contributed by atoms with Crippen LogP contribution in [-0.4, -0.2) is 11.5 Å². The molecular formula is C15H12F2N2S. The summed E-state index contributed by atoms with van der Waals surface area (Å²) in [6.45, 7) is 0.587. The maximum absolute atomic E-state index is 13.4. The minimum Gasteiger partial charge on any atom is -0.361 e. The highest BCUT2D eigenvalue weighted by atomic mass is 32.1. The van der Waals surface area contributed by atoms with E-state index >= 15 is 0 Å². The number of fused-ring (bicyclic) bond motifs is 1. The van der Waals surface area contributed by atoms with Gasteiger partial charge in [0.05, 0.1) is 10.2 Å². The highest BCUT2D eigenvalue weighted by molar-refractivity contribution is 7.22. The van der Waals surface area contributed by atoms with Crippen molar-refractivity contribution in [2.24, 2.45) is 0 Å². The van der Waals surface area contributed by atoms with E-state index in [9.17, 15) is 8.78 Å². The minimum atomic E-state index is -0.265. The van der Waals surface area contributed by atoms with Crippen molar-refractivity contribution < 1.29 is 8.78 Å². The van der Waals surface area contributed by atoms with Gasteiger partial charge in [-0.25, -0.2) is 13.8 Å². The van der Waals surface area contributed by atoms with Crippen LogP contribution in [0, 0.1) is 11.6 Å². The predicted molar refractivity (Wildman–Crippen MR) is 78.2 cm³/mol. The molecule has 0 bridgehead atoms. The second-order valence-electron chi connectivity index (χ2n) is 4.40. The summed E-state index contributed by atoms with van der Waals surface area (Å²) >= 11 is 1.39. The molecule has 0 aliphatic heterocycles. The monoisotopic (exact) mass is 290 g/mol. The molecule has 0 aliphatic carbocycles. The average Bonchev–Trinajstić information content (AvgIpc) is 2.83. The van der Waals surface area contributed by atoms with Crippen LogP contribution in [0.15, 0.2) is 42.5 Å². The summed E-state index contributed by atoms with van der Waals surface area (Å²) in [6.07, 6.45) is 0.580. The Morgan fingerprint density at radius 3 is 2.80 bits per heavy atom. The fourth-order valence-corrected chi connectivity index (χ4v) is 2.90. The third-order valence-electron chi connectivity index (χ3n) is 2.98. The molecule has 0 atom stereocenters. The zero-order valence-corrected chi connectivity index (χ0v) is 11.4. The maximum Gasteiger partial charge on any atom is 0.183 e. The van der Waals surface area contributed by atoms with E-state index in [0.717, 1.165) is 15.3 Å². The van der Waals surface area contributed by atoms with Crippen LogP contribution in [0.3, 0.4) is 0 Å². The van der Waals surface area contributed by atoms with E-state index < -0.39 is 0 Å². The molecule has 1 heterocycles. The van der Waals surface area contributed by atoms with Gasteiger partial charge in [-0.05, 0) is 36.2 Å². The van der Waals surface area contributed by atoms with E-state index in [0.29, 0.717) is 18.5 Å². The van der Waals surface area contributed by atoms with Gasteiger partial charge in [-0.15, -0.1) is 0 Å². The smallest absolute Gasteiger partial charge is 0.183 e. The Bertz CT molecular complexity index is 740. The molecule has 2 nitrogen and oxygen atoms in total. The Kier molecular flexibility index (Phi) is 3.60. The number of hydrogen-bond donors (Lipinski definition) is 1. The Morgan fingerprint density at radius 1 is 1.10 bits per heavy atom. The summed E-state index contributed by atoms with van der Waals surface area (Å²) in [7, 11) is 0. The zero-order chi connectivity index (χ0) is 13.9. The summed E-state index contributed by atoms with van der Waals surface area (Å²) in [6, 6.07) is 11.2. The number of nitrogens with zero attached hydrogens (tertiary/aromatic N) is 1. The molecule has 0 spiro atoms. The molecule has 3 aromatic rings. The second-order valence-corrected chi connectivity index (χ2v) is 5.43. The van der Waals surface area contributed by atoms with Crippen LogP contribution in [0.2, 0.25) is 0 Å². The summed E-state index contributed by atoms with van der Waals surface area (Å²) in [5.41, 5.74) is 1.44. The van der Waals surface area contributed by atoms with Crippen LogP contribution in [-0.2, 0) is 6.42 Å². The van der Waals surface area contributed by atoms with Crippen molar-refractivity contribution in [1.29, 1.82) is 0 Å². The lowest BCUT2D eigenvalue weighted by atomic mass is 10.1. The lowest BCUT2D eigenvalue weighted by molar-refractivity contribution is 0.610. The molecule has 1 aromatic heterocycles. The lowest BCUT2D eigenvalue weighted by Gasteiger charge is -2.03. The number of benzene rings is 2. The number of aromatic nitrogens is 1. The number of hydrogen-bond acceptors (Lipinski definition) is 3. The van der Waals surface area contributed by atoms with E-state index in [-0.39, 0.29) is 11.6 Å². The number of nitrogens with one attached hydrogen (secondary N) is 1.